The SMILES string of the molecule is COc1cccc(CNC(=O)c2cc(-c3ccco3)nc3ccccc23)c1. The second kappa shape index (κ2) is 7.33. The summed E-state index contributed by atoms with van der Waals surface area (Å²) >= 11 is 0. The molecule has 0 bridgehead atoms. The second-order valence-corrected chi connectivity index (χ2v) is 6.08. The smallest absolute Gasteiger partial charge is 0.252 e. The fraction of sp³-hybridized carbons (Fsp3) is 0.0909. The van der Waals surface area contributed by atoms with Crippen molar-refractivity contribution in [1.29, 1.82) is 0 Å². The van der Waals surface area contributed by atoms with Crippen molar-refractivity contribution in [2.75, 3.05) is 7.11 Å². The molecule has 0 spiro atoms. The van der Waals surface area contributed by atoms with Gasteiger partial charge in [0, 0.05) is 11.9 Å². The fourth-order valence-corrected chi connectivity index (χ4v) is 2.97. The Morgan fingerprint density at radius 2 is 1.96 bits per heavy atom. The van der Waals surface area contributed by atoms with E-state index in [4.69, 9.17) is 9.15 Å². The first-order valence-corrected chi connectivity index (χ1v) is 8.59. The van der Waals surface area contributed by atoms with Crippen molar-refractivity contribution >= 4 is 16.8 Å². The molecule has 4 aromatic rings. The zero-order valence-electron chi connectivity index (χ0n) is 14.8. The standard InChI is InChI=1S/C22H18N2O3/c1-26-16-7-4-6-15(12-16)14-23-22(25)18-13-20(21-10-5-11-27-21)24-19-9-3-2-8-17(18)19/h2-13H,14H2,1H3,(H,23,25). The number of fused-ring (bicyclic) bond motifs is 1. The molecular formula is C22H18N2O3. The number of benzene rings is 2. The van der Waals surface area contributed by atoms with Gasteiger partial charge in [0.2, 0.25) is 0 Å². The predicted molar refractivity (Wildman–Crippen MR) is 104 cm³/mol. The lowest BCUT2D eigenvalue weighted by atomic mass is 10.1. The average Bonchev–Trinajstić information content (AvgIpc) is 3.26. The maximum atomic E-state index is 12.9. The summed E-state index contributed by atoms with van der Waals surface area (Å²) in [6, 6.07) is 20.6. The summed E-state index contributed by atoms with van der Waals surface area (Å²) < 4.78 is 10.7. The fourth-order valence-electron chi connectivity index (χ4n) is 2.97. The van der Waals surface area contributed by atoms with Crippen molar-refractivity contribution in [3.63, 3.8) is 0 Å². The Morgan fingerprint density at radius 3 is 2.78 bits per heavy atom. The molecular weight excluding hydrogens is 340 g/mol. The van der Waals surface area contributed by atoms with Crippen molar-refractivity contribution in [2.45, 2.75) is 6.54 Å². The van der Waals surface area contributed by atoms with Crippen LogP contribution in [0.1, 0.15) is 15.9 Å². The highest BCUT2D eigenvalue weighted by Crippen LogP contribution is 2.25. The Morgan fingerprint density at radius 1 is 1.07 bits per heavy atom. The summed E-state index contributed by atoms with van der Waals surface area (Å²) in [4.78, 5) is 17.5. The molecule has 2 heterocycles. The summed E-state index contributed by atoms with van der Waals surface area (Å²) in [5, 5.41) is 3.78. The first-order valence-electron chi connectivity index (χ1n) is 8.59. The highest BCUT2D eigenvalue weighted by atomic mass is 16.5. The molecule has 0 fully saturated rings. The number of furan rings is 1. The first kappa shape index (κ1) is 16.8. The highest BCUT2D eigenvalue weighted by molar-refractivity contribution is 6.07. The minimum atomic E-state index is -0.163. The van der Waals surface area contributed by atoms with Gasteiger partial charge in [-0.2, -0.15) is 0 Å². The zero-order chi connectivity index (χ0) is 18.6. The number of aromatic nitrogens is 1. The molecule has 0 aliphatic rings. The van der Waals surface area contributed by atoms with Crippen LogP contribution in [0, 0.1) is 0 Å². The number of hydrogen-bond acceptors (Lipinski definition) is 4. The number of methoxy groups -OCH3 is 1. The van der Waals surface area contributed by atoms with E-state index in [2.05, 4.69) is 10.3 Å². The number of carbonyl (C=O) groups is 1. The van der Waals surface area contributed by atoms with Gasteiger partial charge >= 0.3 is 0 Å². The Labute approximate surface area is 156 Å². The molecule has 1 N–H and O–H groups in total. The van der Waals surface area contributed by atoms with E-state index in [0.29, 0.717) is 23.6 Å². The molecule has 0 aliphatic carbocycles. The summed E-state index contributed by atoms with van der Waals surface area (Å²) in [5.41, 5.74) is 2.91. The summed E-state index contributed by atoms with van der Waals surface area (Å²) in [5.74, 6) is 1.23. The largest absolute Gasteiger partial charge is 0.497 e. The lowest BCUT2D eigenvalue weighted by molar-refractivity contribution is 0.0952. The molecule has 0 saturated heterocycles. The van der Waals surface area contributed by atoms with Crippen LogP contribution in [0.5, 0.6) is 5.75 Å². The van der Waals surface area contributed by atoms with Gasteiger partial charge in [-0.25, -0.2) is 4.98 Å². The van der Waals surface area contributed by atoms with Crippen molar-refractivity contribution in [3.05, 3.63) is 84.1 Å². The number of para-hydroxylation sites is 1. The molecule has 1 amide bonds. The van der Waals surface area contributed by atoms with E-state index in [0.717, 1.165) is 22.2 Å². The summed E-state index contributed by atoms with van der Waals surface area (Å²) in [6.07, 6.45) is 1.59. The van der Waals surface area contributed by atoms with Crippen molar-refractivity contribution in [1.82, 2.24) is 10.3 Å². The van der Waals surface area contributed by atoms with E-state index in [1.165, 1.54) is 0 Å². The van der Waals surface area contributed by atoms with Gasteiger partial charge in [-0.3, -0.25) is 4.79 Å². The van der Waals surface area contributed by atoms with Gasteiger partial charge in [-0.05, 0) is 42.0 Å². The average molecular weight is 358 g/mol. The van der Waals surface area contributed by atoms with Gasteiger partial charge in [0.05, 0.1) is 24.5 Å². The number of hydrogen-bond donors (Lipinski definition) is 1. The van der Waals surface area contributed by atoms with Gasteiger partial charge in [0.15, 0.2) is 5.76 Å². The van der Waals surface area contributed by atoms with Crippen molar-refractivity contribution in [2.24, 2.45) is 0 Å². The van der Waals surface area contributed by atoms with Gasteiger partial charge in [-0.1, -0.05) is 30.3 Å². The number of amides is 1. The van der Waals surface area contributed by atoms with Crippen LogP contribution in [0.3, 0.4) is 0 Å². The van der Waals surface area contributed by atoms with Crippen LogP contribution in [-0.2, 0) is 6.54 Å². The Balaban J connectivity index is 1.66. The van der Waals surface area contributed by atoms with E-state index in [-0.39, 0.29) is 5.91 Å². The monoisotopic (exact) mass is 358 g/mol. The Hall–Kier alpha value is -3.60. The third kappa shape index (κ3) is 3.53. The van der Waals surface area contributed by atoms with E-state index in [1.807, 2.05) is 54.6 Å². The summed E-state index contributed by atoms with van der Waals surface area (Å²) in [6.45, 7) is 0.406. The maximum absolute atomic E-state index is 12.9. The van der Waals surface area contributed by atoms with Crippen molar-refractivity contribution in [3.8, 4) is 17.2 Å². The quantitative estimate of drug-likeness (QED) is 0.573. The molecule has 2 aromatic heterocycles. The molecule has 2 aromatic carbocycles. The Bertz CT molecular complexity index is 1090. The van der Waals surface area contributed by atoms with Crippen LogP contribution in [0.25, 0.3) is 22.4 Å². The number of nitrogens with one attached hydrogen (secondary N) is 1. The molecule has 0 unspecified atom stereocenters. The molecule has 5 nitrogen and oxygen atoms in total. The molecule has 0 saturated carbocycles. The molecule has 0 radical (unpaired) electrons. The van der Waals surface area contributed by atoms with Crippen LogP contribution >= 0.6 is 0 Å². The van der Waals surface area contributed by atoms with Gasteiger partial charge in [0.25, 0.3) is 5.91 Å². The molecule has 134 valence electrons. The normalized spacial score (nSPS) is 10.7. The lowest BCUT2D eigenvalue weighted by Gasteiger charge is -2.10. The number of ether oxygens (including phenoxy) is 1. The van der Waals surface area contributed by atoms with Gasteiger partial charge in [-0.15, -0.1) is 0 Å². The molecule has 5 heteroatoms. The van der Waals surface area contributed by atoms with Gasteiger partial charge < -0.3 is 14.5 Å². The Kier molecular flexibility index (Phi) is 4.58. The minimum Gasteiger partial charge on any atom is -0.497 e. The highest BCUT2D eigenvalue weighted by Gasteiger charge is 2.15. The first-order chi connectivity index (χ1) is 13.2. The number of rotatable bonds is 5. The van der Waals surface area contributed by atoms with E-state index >= 15 is 0 Å². The van der Waals surface area contributed by atoms with Crippen LogP contribution < -0.4 is 10.1 Å². The van der Waals surface area contributed by atoms with Crippen LogP contribution in [0.4, 0.5) is 0 Å². The summed E-state index contributed by atoms with van der Waals surface area (Å²) in [7, 11) is 1.62. The van der Waals surface area contributed by atoms with Crippen molar-refractivity contribution < 1.29 is 13.9 Å². The second-order valence-electron chi connectivity index (χ2n) is 6.08. The zero-order valence-corrected chi connectivity index (χ0v) is 14.8. The predicted octanol–water partition coefficient (Wildman–Crippen LogP) is 4.43. The van der Waals surface area contributed by atoms with E-state index in [1.54, 1.807) is 25.5 Å². The molecule has 0 atom stereocenters. The van der Waals surface area contributed by atoms with Crippen LogP contribution in [0.15, 0.2) is 77.4 Å². The van der Waals surface area contributed by atoms with E-state index in [9.17, 15) is 4.79 Å². The minimum absolute atomic E-state index is 0.163. The maximum Gasteiger partial charge on any atom is 0.252 e. The number of nitrogens with zero attached hydrogens (tertiary/aromatic N) is 1. The molecule has 0 aliphatic heterocycles. The third-order valence-corrected chi connectivity index (χ3v) is 4.32. The van der Waals surface area contributed by atoms with Crippen LogP contribution in [-0.4, -0.2) is 18.0 Å². The topological polar surface area (TPSA) is 64.4 Å². The lowest BCUT2D eigenvalue weighted by Crippen LogP contribution is -2.23. The molecule has 4 rings (SSSR count). The van der Waals surface area contributed by atoms with E-state index < -0.39 is 0 Å². The van der Waals surface area contributed by atoms with Crippen LogP contribution in [0.2, 0.25) is 0 Å². The number of pyridine rings is 1. The third-order valence-electron chi connectivity index (χ3n) is 4.32. The number of carbonyl (C=O) groups excluding carboxylic acids is 1. The van der Waals surface area contributed by atoms with Gasteiger partial charge in [0.1, 0.15) is 11.4 Å². The molecule has 27 heavy (non-hydrogen) atoms.